The van der Waals surface area contributed by atoms with Gasteiger partial charge in [0.25, 0.3) is 5.91 Å². The summed E-state index contributed by atoms with van der Waals surface area (Å²) < 4.78 is 30.7. The van der Waals surface area contributed by atoms with Gasteiger partial charge in [0.05, 0.1) is 0 Å². The van der Waals surface area contributed by atoms with Crippen molar-refractivity contribution in [2.24, 2.45) is 0 Å². The van der Waals surface area contributed by atoms with E-state index < -0.39 is 30.1 Å². The lowest BCUT2D eigenvalue weighted by atomic mass is 10.0. The van der Waals surface area contributed by atoms with Crippen LogP contribution in [-0.2, 0) is 14.3 Å². The average molecular weight is 359 g/mol. The van der Waals surface area contributed by atoms with E-state index in [1.54, 1.807) is 6.08 Å². The highest BCUT2D eigenvalue weighted by molar-refractivity contribution is 5.94. The molecule has 0 saturated heterocycles. The number of anilines is 1. The second kappa shape index (κ2) is 8.89. The second-order valence-electron chi connectivity index (χ2n) is 5.94. The van der Waals surface area contributed by atoms with Crippen molar-refractivity contribution < 1.29 is 23.1 Å². The van der Waals surface area contributed by atoms with Crippen LogP contribution >= 0.6 is 0 Å². The monoisotopic (exact) mass is 359 g/mol. The van der Waals surface area contributed by atoms with Gasteiger partial charge in [0.15, 0.2) is 18.2 Å². The summed E-state index contributed by atoms with van der Waals surface area (Å²) in [5.41, 5.74) is 2.10. The fraction of sp³-hybridized carbons (Fsp3) is 0.200. The minimum absolute atomic E-state index is 0.0748. The van der Waals surface area contributed by atoms with Crippen molar-refractivity contribution in [3.63, 3.8) is 0 Å². The van der Waals surface area contributed by atoms with Gasteiger partial charge in [-0.1, -0.05) is 38.1 Å². The van der Waals surface area contributed by atoms with Gasteiger partial charge in [-0.15, -0.1) is 0 Å². The molecule has 6 heteroatoms. The first-order chi connectivity index (χ1) is 12.3. The van der Waals surface area contributed by atoms with Crippen molar-refractivity contribution in [1.82, 2.24) is 0 Å². The molecule has 0 saturated carbocycles. The van der Waals surface area contributed by atoms with Crippen LogP contribution < -0.4 is 5.32 Å². The number of ether oxygens (including phenoxy) is 1. The Morgan fingerprint density at radius 1 is 1.08 bits per heavy atom. The maximum Gasteiger partial charge on any atom is 0.331 e. The highest BCUT2D eigenvalue weighted by Gasteiger charge is 2.08. The fourth-order valence-corrected chi connectivity index (χ4v) is 2.11. The highest BCUT2D eigenvalue weighted by atomic mass is 19.2. The third kappa shape index (κ3) is 5.81. The molecule has 0 radical (unpaired) electrons. The molecule has 0 heterocycles. The Morgan fingerprint density at radius 2 is 1.77 bits per heavy atom. The first-order valence-corrected chi connectivity index (χ1v) is 8.05. The predicted molar refractivity (Wildman–Crippen MR) is 95.5 cm³/mol. The van der Waals surface area contributed by atoms with Gasteiger partial charge < -0.3 is 10.1 Å². The maximum atomic E-state index is 13.1. The minimum atomic E-state index is -1.08. The lowest BCUT2D eigenvalue weighted by Gasteiger charge is -2.06. The number of nitrogens with one attached hydrogen (secondary N) is 1. The number of carbonyl (C=O) groups excluding carboxylic acids is 2. The summed E-state index contributed by atoms with van der Waals surface area (Å²) in [5, 5.41) is 2.31. The molecule has 26 heavy (non-hydrogen) atoms. The minimum Gasteiger partial charge on any atom is -0.452 e. The summed E-state index contributed by atoms with van der Waals surface area (Å²) in [7, 11) is 0. The normalized spacial score (nSPS) is 11.0. The number of hydrogen-bond acceptors (Lipinski definition) is 3. The van der Waals surface area contributed by atoms with Crippen LogP contribution in [0.2, 0.25) is 0 Å². The molecule has 0 atom stereocenters. The largest absolute Gasteiger partial charge is 0.452 e. The summed E-state index contributed by atoms with van der Waals surface area (Å²) in [4.78, 5) is 23.3. The van der Waals surface area contributed by atoms with Gasteiger partial charge in [-0.25, -0.2) is 13.6 Å². The molecule has 0 unspecified atom stereocenters. The number of rotatable bonds is 6. The van der Waals surface area contributed by atoms with E-state index in [2.05, 4.69) is 19.2 Å². The van der Waals surface area contributed by atoms with Crippen molar-refractivity contribution in [3.05, 3.63) is 71.3 Å². The topological polar surface area (TPSA) is 55.4 Å². The molecule has 0 spiro atoms. The molecule has 136 valence electrons. The first-order valence-electron chi connectivity index (χ1n) is 8.05. The van der Waals surface area contributed by atoms with Crippen LogP contribution in [0.3, 0.4) is 0 Å². The van der Waals surface area contributed by atoms with E-state index in [1.807, 2.05) is 24.3 Å². The molecular formula is C20H19F2NO3. The Bertz CT molecular complexity index is 814. The number of hydrogen-bond donors (Lipinski definition) is 1. The molecule has 2 aromatic carbocycles. The Hall–Kier alpha value is -3.02. The number of amides is 1. The Labute approximate surface area is 150 Å². The molecule has 1 N–H and O–H groups in total. The van der Waals surface area contributed by atoms with Crippen LogP contribution in [0.25, 0.3) is 6.08 Å². The quantitative estimate of drug-likeness (QED) is 0.619. The van der Waals surface area contributed by atoms with Crippen molar-refractivity contribution in [2.75, 3.05) is 11.9 Å². The smallest absolute Gasteiger partial charge is 0.331 e. The molecule has 0 aromatic heterocycles. The van der Waals surface area contributed by atoms with Crippen molar-refractivity contribution in [3.8, 4) is 0 Å². The Balaban J connectivity index is 1.81. The van der Waals surface area contributed by atoms with Crippen LogP contribution in [0.4, 0.5) is 14.5 Å². The lowest BCUT2D eigenvalue weighted by Crippen LogP contribution is -2.20. The van der Waals surface area contributed by atoms with E-state index in [1.165, 1.54) is 17.7 Å². The van der Waals surface area contributed by atoms with E-state index in [-0.39, 0.29) is 5.69 Å². The number of halogens is 2. The van der Waals surface area contributed by atoms with E-state index in [9.17, 15) is 18.4 Å². The number of carbonyl (C=O) groups is 2. The van der Waals surface area contributed by atoms with Crippen LogP contribution in [-0.4, -0.2) is 18.5 Å². The zero-order chi connectivity index (χ0) is 19.1. The summed E-state index contributed by atoms with van der Waals surface area (Å²) in [6.07, 6.45) is 2.80. The third-order valence-corrected chi connectivity index (χ3v) is 3.56. The molecule has 4 nitrogen and oxygen atoms in total. The van der Waals surface area contributed by atoms with Crippen LogP contribution in [0.5, 0.6) is 0 Å². The second-order valence-corrected chi connectivity index (χ2v) is 5.94. The average Bonchev–Trinajstić information content (AvgIpc) is 2.61. The Kier molecular flexibility index (Phi) is 6.60. The number of esters is 1. The third-order valence-electron chi connectivity index (χ3n) is 3.56. The zero-order valence-corrected chi connectivity index (χ0v) is 14.5. The van der Waals surface area contributed by atoms with E-state index in [0.717, 1.165) is 17.7 Å². The van der Waals surface area contributed by atoms with Crippen molar-refractivity contribution in [1.29, 1.82) is 0 Å². The molecule has 0 fully saturated rings. The lowest BCUT2D eigenvalue weighted by molar-refractivity contribution is -0.142. The summed E-state index contributed by atoms with van der Waals surface area (Å²) in [5.74, 6) is -3.00. The molecule has 0 aliphatic rings. The van der Waals surface area contributed by atoms with Crippen molar-refractivity contribution >= 4 is 23.6 Å². The van der Waals surface area contributed by atoms with Gasteiger partial charge >= 0.3 is 5.97 Å². The standard InChI is InChI=1S/C20H19F2NO3/c1-13(2)15-6-3-14(4-7-15)5-10-20(25)26-12-19(24)23-16-8-9-17(21)18(22)11-16/h3-11,13H,12H2,1-2H3,(H,23,24)/b10-5+. The van der Waals surface area contributed by atoms with Crippen LogP contribution in [0.1, 0.15) is 30.9 Å². The molecular weight excluding hydrogens is 340 g/mol. The van der Waals surface area contributed by atoms with Gasteiger partial charge in [-0.05, 0) is 35.3 Å². The molecule has 2 rings (SSSR count). The first kappa shape index (κ1) is 19.3. The van der Waals surface area contributed by atoms with E-state index in [4.69, 9.17) is 4.74 Å². The fourth-order valence-electron chi connectivity index (χ4n) is 2.11. The maximum absolute atomic E-state index is 13.1. The summed E-state index contributed by atoms with van der Waals surface area (Å²) in [6, 6.07) is 10.7. The van der Waals surface area contributed by atoms with E-state index >= 15 is 0 Å². The highest BCUT2D eigenvalue weighted by Crippen LogP contribution is 2.15. The number of benzene rings is 2. The van der Waals surface area contributed by atoms with Gasteiger partial charge in [0, 0.05) is 17.8 Å². The van der Waals surface area contributed by atoms with Crippen LogP contribution in [0, 0.1) is 11.6 Å². The zero-order valence-electron chi connectivity index (χ0n) is 14.5. The van der Waals surface area contributed by atoms with Crippen LogP contribution in [0.15, 0.2) is 48.5 Å². The van der Waals surface area contributed by atoms with Crippen molar-refractivity contribution in [2.45, 2.75) is 19.8 Å². The molecule has 0 bridgehead atoms. The molecule has 0 aliphatic carbocycles. The summed E-state index contributed by atoms with van der Waals surface area (Å²) in [6.45, 7) is 3.65. The molecule has 1 amide bonds. The molecule has 2 aromatic rings. The van der Waals surface area contributed by atoms with Gasteiger partial charge in [0.1, 0.15) is 0 Å². The summed E-state index contributed by atoms with van der Waals surface area (Å²) >= 11 is 0. The predicted octanol–water partition coefficient (Wildman–Crippen LogP) is 4.28. The van der Waals surface area contributed by atoms with Gasteiger partial charge in [-0.3, -0.25) is 4.79 Å². The van der Waals surface area contributed by atoms with E-state index in [0.29, 0.717) is 5.92 Å². The molecule has 0 aliphatic heterocycles. The van der Waals surface area contributed by atoms with Gasteiger partial charge in [-0.2, -0.15) is 0 Å². The SMILES string of the molecule is CC(C)c1ccc(/C=C/C(=O)OCC(=O)Nc2ccc(F)c(F)c2)cc1. The van der Waals surface area contributed by atoms with Gasteiger partial charge in [0.2, 0.25) is 0 Å². The Morgan fingerprint density at radius 3 is 2.38 bits per heavy atom.